The second-order valence-electron chi connectivity index (χ2n) is 8.02. The van der Waals surface area contributed by atoms with Crippen molar-refractivity contribution in [1.29, 1.82) is 0 Å². The summed E-state index contributed by atoms with van der Waals surface area (Å²) in [6.07, 6.45) is 3.83. The van der Waals surface area contributed by atoms with Gasteiger partial charge in [-0.2, -0.15) is 0 Å². The molecule has 0 N–H and O–H groups in total. The number of hydrogen-bond acceptors (Lipinski definition) is 4. The van der Waals surface area contributed by atoms with Crippen LogP contribution < -0.4 is 0 Å². The maximum Gasteiger partial charge on any atom is 0.274 e. The van der Waals surface area contributed by atoms with Crippen LogP contribution in [0.25, 0.3) is 21.4 Å². The van der Waals surface area contributed by atoms with Crippen LogP contribution in [0.1, 0.15) is 40.5 Å². The summed E-state index contributed by atoms with van der Waals surface area (Å²) in [5, 5.41) is 2.67. The highest BCUT2D eigenvalue weighted by molar-refractivity contribution is 7.15. The minimum Gasteiger partial charge on any atom is -0.461 e. The Kier molecular flexibility index (Phi) is 5.55. The molecule has 0 saturated carbocycles. The van der Waals surface area contributed by atoms with Gasteiger partial charge in [0.2, 0.25) is 0 Å². The highest BCUT2D eigenvalue weighted by Gasteiger charge is 2.31. The van der Waals surface area contributed by atoms with Crippen LogP contribution in [0, 0.1) is 6.92 Å². The number of benzene rings is 2. The van der Waals surface area contributed by atoms with Gasteiger partial charge in [-0.25, -0.2) is 4.98 Å². The van der Waals surface area contributed by atoms with E-state index in [1.165, 1.54) is 0 Å². The topological polar surface area (TPSA) is 46.3 Å². The lowest BCUT2D eigenvalue weighted by Crippen LogP contribution is -2.45. The lowest BCUT2D eigenvalue weighted by atomic mass is 9.97. The molecule has 2 aromatic carbocycles. The zero-order valence-electron chi connectivity index (χ0n) is 17.3. The fourth-order valence-electron chi connectivity index (χ4n) is 4.35. The van der Waals surface area contributed by atoms with E-state index < -0.39 is 0 Å². The molecular weight excluding hydrogens is 428 g/mol. The van der Waals surface area contributed by atoms with Crippen molar-refractivity contribution < 1.29 is 9.21 Å². The van der Waals surface area contributed by atoms with Crippen molar-refractivity contribution >= 4 is 39.8 Å². The number of para-hydroxylation sites is 1. The van der Waals surface area contributed by atoms with Crippen LogP contribution in [0.5, 0.6) is 0 Å². The minimum atomic E-state index is 0.00936. The zero-order chi connectivity index (χ0) is 21.4. The molecule has 1 atom stereocenters. The van der Waals surface area contributed by atoms with Gasteiger partial charge in [-0.1, -0.05) is 41.9 Å². The number of nitrogens with zero attached hydrogens (tertiary/aromatic N) is 2. The number of piperidine rings is 1. The predicted molar refractivity (Wildman–Crippen MR) is 126 cm³/mol. The fourth-order valence-corrected chi connectivity index (χ4v) is 5.40. The molecule has 1 saturated heterocycles. The standard InChI is InChI=1S/C25H23ClN2O2S/c1-16-27-23(24(31-16)17-9-11-19(26)12-10-17)25(29)28-13-5-4-7-20(28)15-21-14-18-6-2-3-8-22(18)30-21/h2-3,6,8-12,14,20H,4-5,7,13,15H2,1H3. The van der Waals surface area contributed by atoms with Gasteiger partial charge in [-0.05, 0) is 56.0 Å². The van der Waals surface area contributed by atoms with Gasteiger partial charge in [0.15, 0.2) is 0 Å². The largest absolute Gasteiger partial charge is 0.461 e. The summed E-state index contributed by atoms with van der Waals surface area (Å²) in [4.78, 5) is 21.2. The molecule has 2 aromatic heterocycles. The molecule has 31 heavy (non-hydrogen) atoms. The molecule has 4 nitrogen and oxygen atoms in total. The molecule has 1 fully saturated rings. The van der Waals surface area contributed by atoms with Crippen LogP contribution in [0.2, 0.25) is 5.02 Å². The van der Waals surface area contributed by atoms with E-state index in [2.05, 4.69) is 17.1 Å². The Morgan fingerprint density at radius 2 is 2.00 bits per heavy atom. The number of aryl methyl sites for hydroxylation is 1. The molecule has 5 rings (SSSR count). The first-order chi connectivity index (χ1) is 15.1. The summed E-state index contributed by atoms with van der Waals surface area (Å²) in [6, 6.07) is 17.9. The highest BCUT2D eigenvalue weighted by atomic mass is 35.5. The van der Waals surface area contributed by atoms with Gasteiger partial charge in [0.25, 0.3) is 5.91 Å². The Bertz CT molecular complexity index is 1200. The van der Waals surface area contributed by atoms with E-state index in [0.29, 0.717) is 10.7 Å². The Labute approximate surface area is 190 Å². The summed E-state index contributed by atoms with van der Waals surface area (Å²) in [6.45, 7) is 2.70. The number of carbonyl (C=O) groups excluding carboxylic acids is 1. The van der Waals surface area contributed by atoms with Gasteiger partial charge in [0, 0.05) is 29.4 Å². The van der Waals surface area contributed by atoms with Crippen molar-refractivity contribution in [3.63, 3.8) is 0 Å². The zero-order valence-corrected chi connectivity index (χ0v) is 18.9. The number of aromatic nitrogens is 1. The molecule has 1 aliphatic heterocycles. The van der Waals surface area contributed by atoms with Crippen LogP contribution in [0.4, 0.5) is 0 Å². The first kappa shape index (κ1) is 20.3. The summed E-state index contributed by atoms with van der Waals surface area (Å²) in [7, 11) is 0. The van der Waals surface area contributed by atoms with Crippen molar-refractivity contribution in [2.45, 2.75) is 38.6 Å². The molecule has 0 radical (unpaired) electrons. The molecule has 0 spiro atoms. The number of hydrogen-bond donors (Lipinski definition) is 0. The third kappa shape index (κ3) is 4.12. The van der Waals surface area contributed by atoms with Gasteiger partial charge in [-0.3, -0.25) is 4.79 Å². The van der Waals surface area contributed by atoms with E-state index in [4.69, 9.17) is 16.0 Å². The SMILES string of the molecule is Cc1nc(C(=O)N2CCCCC2Cc2cc3ccccc3o2)c(-c2ccc(Cl)cc2)s1. The van der Waals surface area contributed by atoms with E-state index in [1.54, 1.807) is 11.3 Å². The Morgan fingerprint density at radius 1 is 1.19 bits per heavy atom. The van der Waals surface area contributed by atoms with Gasteiger partial charge < -0.3 is 9.32 Å². The van der Waals surface area contributed by atoms with Crippen LogP contribution in [-0.4, -0.2) is 28.4 Å². The van der Waals surface area contributed by atoms with E-state index in [1.807, 2.05) is 54.3 Å². The number of carbonyl (C=O) groups is 1. The molecule has 158 valence electrons. The van der Waals surface area contributed by atoms with Crippen molar-refractivity contribution in [2.24, 2.45) is 0 Å². The monoisotopic (exact) mass is 450 g/mol. The molecule has 4 aromatic rings. The number of amides is 1. The van der Waals surface area contributed by atoms with Crippen molar-refractivity contribution in [3.05, 3.63) is 76.1 Å². The van der Waals surface area contributed by atoms with Crippen molar-refractivity contribution in [3.8, 4) is 10.4 Å². The number of thiazole rings is 1. The molecule has 0 bridgehead atoms. The van der Waals surface area contributed by atoms with Gasteiger partial charge in [0.1, 0.15) is 17.0 Å². The molecule has 1 aliphatic rings. The summed E-state index contributed by atoms with van der Waals surface area (Å²) in [5.74, 6) is 0.938. The van der Waals surface area contributed by atoms with Gasteiger partial charge >= 0.3 is 0 Å². The van der Waals surface area contributed by atoms with Gasteiger partial charge in [0.05, 0.1) is 9.88 Å². The minimum absolute atomic E-state index is 0.00936. The lowest BCUT2D eigenvalue weighted by molar-refractivity contribution is 0.0603. The van der Waals surface area contributed by atoms with E-state index >= 15 is 0 Å². The predicted octanol–water partition coefficient (Wildman–Crippen LogP) is 6.76. The number of rotatable bonds is 4. The molecule has 1 unspecified atom stereocenters. The maximum absolute atomic E-state index is 13.7. The van der Waals surface area contributed by atoms with E-state index in [0.717, 1.165) is 64.4 Å². The molecule has 3 heterocycles. The quantitative estimate of drug-likeness (QED) is 0.345. The molecular formula is C25H23ClN2O2S. The van der Waals surface area contributed by atoms with Crippen LogP contribution in [0.3, 0.4) is 0 Å². The summed E-state index contributed by atoms with van der Waals surface area (Å²) < 4.78 is 6.05. The average Bonchev–Trinajstić information content (AvgIpc) is 3.37. The normalized spacial score (nSPS) is 16.7. The fraction of sp³-hybridized carbons (Fsp3) is 0.280. The summed E-state index contributed by atoms with van der Waals surface area (Å²) in [5.41, 5.74) is 2.41. The summed E-state index contributed by atoms with van der Waals surface area (Å²) >= 11 is 7.61. The van der Waals surface area contributed by atoms with E-state index in [-0.39, 0.29) is 11.9 Å². The lowest BCUT2D eigenvalue weighted by Gasteiger charge is -2.35. The first-order valence-corrected chi connectivity index (χ1v) is 11.8. The van der Waals surface area contributed by atoms with E-state index in [9.17, 15) is 4.79 Å². The average molecular weight is 451 g/mol. The van der Waals surface area contributed by atoms with Crippen LogP contribution >= 0.6 is 22.9 Å². The maximum atomic E-state index is 13.7. The Morgan fingerprint density at radius 3 is 2.81 bits per heavy atom. The second-order valence-corrected chi connectivity index (χ2v) is 9.66. The van der Waals surface area contributed by atoms with Crippen LogP contribution in [0.15, 0.2) is 59.0 Å². The Balaban J connectivity index is 1.44. The van der Waals surface area contributed by atoms with Crippen molar-refractivity contribution in [1.82, 2.24) is 9.88 Å². The highest BCUT2D eigenvalue weighted by Crippen LogP contribution is 2.33. The number of fused-ring (bicyclic) bond motifs is 1. The second kappa shape index (κ2) is 8.48. The molecule has 6 heteroatoms. The smallest absolute Gasteiger partial charge is 0.274 e. The molecule has 1 amide bonds. The number of halogens is 1. The Hall–Kier alpha value is -2.63. The van der Waals surface area contributed by atoms with Crippen molar-refractivity contribution in [2.75, 3.05) is 6.54 Å². The third-order valence-electron chi connectivity index (χ3n) is 5.84. The molecule has 0 aliphatic carbocycles. The first-order valence-electron chi connectivity index (χ1n) is 10.6. The van der Waals surface area contributed by atoms with Gasteiger partial charge in [-0.15, -0.1) is 11.3 Å². The number of likely N-dealkylation sites (tertiary alicyclic amines) is 1. The van der Waals surface area contributed by atoms with Crippen LogP contribution in [-0.2, 0) is 6.42 Å². The number of furan rings is 1. The third-order valence-corrected chi connectivity index (χ3v) is 7.12.